The fraction of sp³-hybridized carbons (Fsp3) is 0. The van der Waals surface area contributed by atoms with Crippen molar-refractivity contribution < 1.29 is 4.39 Å². The highest BCUT2D eigenvalue weighted by molar-refractivity contribution is 9.10. The Hall–Kier alpha value is -0.680. The Morgan fingerprint density at radius 1 is 1.50 bits per heavy atom. The lowest BCUT2D eigenvalue weighted by atomic mass is 10.3. The molecular weight excluding hydrogens is 245 g/mol. The van der Waals surface area contributed by atoms with Crippen molar-refractivity contribution >= 4 is 37.5 Å². The number of hydrogen-bond acceptors (Lipinski definition) is 2. The normalized spacial score (nSPS) is 10.8. The first kappa shape index (κ1) is 7.94. The van der Waals surface area contributed by atoms with Crippen LogP contribution in [0.5, 0.6) is 0 Å². The van der Waals surface area contributed by atoms with Gasteiger partial charge < -0.3 is 0 Å². The van der Waals surface area contributed by atoms with E-state index >= 15 is 0 Å². The molecule has 0 unspecified atom stereocenters. The summed E-state index contributed by atoms with van der Waals surface area (Å²) in [5.74, 6) is -0.349. The Morgan fingerprint density at radius 2 is 2.25 bits per heavy atom. The van der Waals surface area contributed by atoms with Crippen molar-refractivity contribution in [1.29, 1.82) is 0 Å². The van der Waals surface area contributed by atoms with Gasteiger partial charge in [0.1, 0.15) is 5.82 Å². The van der Waals surface area contributed by atoms with Crippen molar-refractivity contribution in [3.63, 3.8) is 0 Å². The highest BCUT2D eigenvalue weighted by Crippen LogP contribution is 2.22. The summed E-state index contributed by atoms with van der Waals surface area (Å²) in [6.07, 6.45) is 0. The van der Waals surface area contributed by atoms with Crippen LogP contribution in [0, 0.1) is 5.82 Å². The minimum atomic E-state index is -0.349. The molecule has 1 aromatic heterocycles. The maximum atomic E-state index is 12.9. The van der Waals surface area contributed by atoms with Crippen molar-refractivity contribution in [3.05, 3.63) is 32.8 Å². The topological polar surface area (TPSA) is 32.9 Å². The molecule has 0 aliphatic heterocycles. The molecule has 1 heterocycles. The minimum Gasteiger partial charge on any atom is -0.277 e. The smallest absolute Gasteiger partial charge is 0.265 e. The van der Waals surface area contributed by atoms with Crippen LogP contribution in [0.3, 0.4) is 0 Å². The second-order valence-electron chi connectivity index (χ2n) is 2.30. The Kier molecular flexibility index (Phi) is 1.77. The summed E-state index contributed by atoms with van der Waals surface area (Å²) in [7, 11) is 0. The molecule has 0 atom stereocenters. The first-order valence-electron chi connectivity index (χ1n) is 3.15. The Labute approximate surface area is 79.3 Å². The van der Waals surface area contributed by atoms with E-state index in [0.29, 0.717) is 14.6 Å². The molecule has 0 fully saturated rings. The van der Waals surface area contributed by atoms with Crippen LogP contribution in [0.15, 0.2) is 21.4 Å². The summed E-state index contributed by atoms with van der Waals surface area (Å²) >= 11 is 4.15. The van der Waals surface area contributed by atoms with E-state index < -0.39 is 0 Å². The molecule has 1 aromatic carbocycles. The van der Waals surface area contributed by atoms with E-state index in [1.807, 2.05) is 0 Å². The number of nitrogens with one attached hydrogen (secondary N) is 1. The summed E-state index contributed by atoms with van der Waals surface area (Å²) in [6.45, 7) is 0. The van der Waals surface area contributed by atoms with Gasteiger partial charge in [-0.15, -0.1) is 0 Å². The number of aromatic amines is 1. The summed E-state index contributed by atoms with van der Waals surface area (Å²) in [5, 5.41) is 0.522. The Balaban J connectivity index is 2.97. The van der Waals surface area contributed by atoms with Crippen LogP contribution in [0.4, 0.5) is 4.39 Å². The van der Waals surface area contributed by atoms with Gasteiger partial charge in [0.2, 0.25) is 0 Å². The standard InChI is InChI=1S/C7H3BrFNOS/c8-4-1-3-6(2-5(4)9)12-10-7(3)11/h1-2H,(H,10,11). The van der Waals surface area contributed by atoms with E-state index in [1.165, 1.54) is 12.1 Å². The molecule has 0 spiro atoms. The second kappa shape index (κ2) is 2.67. The summed E-state index contributed by atoms with van der Waals surface area (Å²) in [6, 6.07) is 2.82. The van der Waals surface area contributed by atoms with Crippen molar-refractivity contribution in [1.82, 2.24) is 4.37 Å². The number of hydrogen-bond donors (Lipinski definition) is 1. The second-order valence-corrected chi connectivity index (χ2v) is 4.00. The van der Waals surface area contributed by atoms with Crippen LogP contribution in [0.2, 0.25) is 0 Å². The van der Waals surface area contributed by atoms with E-state index in [9.17, 15) is 9.18 Å². The van der Waals surface area contributed by atoms with Gasteiger partial charge in [-0.05, 0) is 28.1 Å². The maximum absolute atomic E-state index is 12.9. The summed E-state index contributed by atoms with van der Waals surface area (Å²) in [5.41, 5.74) is -0.171. The van der Waals surface area contributed by atoms with Crippen molar-refractivity contribution in [2.24, 2.45) is 0 Å². The van der Waals surface area contributed by atoms with Gasteiger partial charge in [0.15, 0.2) is 0 Å². The molecule has 62 valence electrons. The predicted octanol–water partition coefficient (Wildman–Crippen LogP) is 2.49. The van der Waals surface area contributed by atoms with Gasteiger partial charge in [-0.25, -0.2) is 4.39 Å². The van der Waals surface area contributed by atoms with E-state index in [1.54, 1.807) is 0 Å². The molecule has 0 radical (unpaired) electrons. The average molecular weight is 248 g/mol. The number of rotatable bonds is 0. The van der Waals surface area contributed by atoms with Gasteiger partial charge in [-0.2, -0.15) is 0 Å². The van der Waals surface area contributed by atoms with E-state index in [4.69, 9.17) is 0 Å². The van der Waals surface area contributed by atoms with E-state index in [2.05, 4.69) is 20.3 Å². The molecule has 2 nitrogen and oxygen atoms in total. The molecule has 2 rings (SSSR count). The van der Waals surface area contributed by atoms with Crippen molar-refractivity contribution in [2.75, 3.05) is 0 Å². The quantitative estimate of drug-likeness (QED) is 0.763. The van der Waals surface area contributed by atoms with Crippen LogP contribution in [0.1, 0.15) is 0 Å². The zero-order valence-electron chi connectivity index (χ0n) is 5.73. The third-order valence-corrected chi connectivity index (χ3v) is 2.97. The SMILES string of the molecule is O=c1[nH]sc2cc(F)c(Br)cc12. The van der Waals surface area contributed by atoms with Crippen LogP contribution >= 0.6 is 27.5 Å². The van der Waals surface area contributed by atoms with Crippen LogP contribution in [0.25, 0.3) is 10.1 Å². The average Bonchev–Trinajstić information content (AvgIpc) is 2.35. The zero-order valence-corrected chi connectivity index (χ0v) is 8.13. The first-order chi connectivity index (χ1) is 5.68. The number of fused-ring (bicyclic) bond motifs is 1. The fourth-order valence-electron chi connectivity index (χ4n) is 0.947. The van der Waals surface area contributed by atoms with Gasteiger partial charge in [0, 0.05) is 0 Å². The lowest BCUT2D eigenvalue weighted by molar-refractivity contribution is 0.623. The molecular formula is C7H3BrFNOS. The number of aromatic nitrogens is 1. The lowest BCUT2D eigenvalue weighted by Gasteiger charge is -1.91. The highest BCUT2D eigenvalue weighted by atomic mass is 79.9. The van der Waals surface area contributed by atoms with E-state index in [-0.39, 0.29) is 11.4 Å². The third kappa shape index (κ3) is 1.09. The fourth-order valence-corrected chi connectivity index (χ4v) is 2.03. The molecule has 5 heteroatoms. The minimum absolute atomic E-state index is 0.171. The van der Waals surface area contributed by atoms with Gasteiger partial charge >= 0.3 is 0 Å². The summed E-state index contributed by atoms with van der Waals surface area (Å²) in [4.78, 5) is 11.1. The highest BCUT2D eigenvalue weighted by Gasteiger charge is 2.05. The van der Waals surface area contributed by atoms with Crippen LogP contribution in [-0.4, -0.2) is 4.37 Å². The largest absolute Gasteiger partial charge is 0.277 e. The van der Waals surface area contributed by atoms with Gasteiger partial charge in [-0.1, -0.05) is 11.5 Å². The molecule has 0 bridgehead atoms. The molecule has 0 saturated heterocycles. The summed E-state index contributed by atoms with van der Waals surface area (Å²) < 4.78 is 16.4. The zero-order chi connectivity index (χ0) is 8.72. The van der Waals surface area contributed by atoms with Gasteiger partial charge in [0.05, 0.1) is 14.6 Å². The molecule has 0 saturated carbocycles. The van der Waals surface area contributed by atoms with Gasteiger partial charge in [-0.3, -0.25) is 9.17 Å². The van der Waals surface area contributed by atoms with Crippen molar-refractivity contribution in [2.45, 2.75) is 0 Å². The third-order valence-electron chi connectivity index (χ3n) is 1.52. The molecule has 1 N–H and O–H groups in total. The Morgan fingerprint density at radius 3 is 3.00 bits per heavy atom. The molecule has 0 aliphatic carbocycles. The maximum Gasteiger partial charge on any atom is 0.265 e. The number of halogens is 2. The monoisotopic (exact) mass is 247 g/mol. The first-order valence-corrected chi connectivity index (χ1v) is 4.75. The van der Waals surface area contributed by atoms with Crippen LogP contribution < -0.4 is 5.56 Å². The molecule has 12 heavy (non-hydrogen) atoms. The van der Waals surface area contributed by atoms with Crippen molar-refractivity contribution in [3.8, 4) is 0 Å². The number of benzene rings is 1. The predicted molar refractivity (Wildman–Crippen MR) is 50.1 cm³/mol. The molecule has 2 aromatic rings. The number of H-pyrrole nitrogens is 1. The Bertz CT molecular complexity index is 490. The van der Waals surface area contributed by atoms with E-state index in [0.717, 1.165) is 11.5 Å². The van der Waals surface area contributed by atoms with Gasteiger partial charge in [0.25, 0.3) is 5.56 Å². The molecule has 0 aliphatic rings. The molecule has 0 amide bonds. The van der Waals surface area contributed by atoms with Crippen LogP contribution in [-0.2, 0) is 0 Å². The lowest BCUT2D eigenvalue weighted by Crippen LogP contribution is -1.96.